The van der Waals surface area contributed by atoms with E-state index in [1.165, 1.54) is 0 Å². The predicted molar refractivity (Wildman–Crippen MR) is 97.6 cm³/mol. The second kappa shape index (κ2) is 7.32. The minimum Gasteiger partial charge on any atom is -0.392 e. The molecule has 2 N–H and O–H groups in total. The van der Waals surface area contributed by atoms with Gasteiger partial charge in [0.05, 0.1) is 18.8 Å². The summed E-state index contributed by atoms with van der Waals surface area (Å²) < 4.78 is 1.93. The van der Waals surface area contributed by atoms with Crippen molar-refractivity contribution in [2.24, 2.45) is 0 Å². The highest BCUT2D eigenvalue weighted by atomic mass is 16.3. The molecule has 0 spiro atoms. The van der Waals surface area contributed by atoms with Crippen LogP contribution in [0.1, 0.15) is 32.9 Å². The Labute approximate surface area is 146 Å². The summed E-state index contributed by atoms with van der Waals surface area (Å²) in [6, 6.07) is 16.7. The Morgan fingerprint density at radius 3 is 2.56 bits per heavy atom. The maximum absolute atomic E-state index is 12.5. The van der Waals surface area contributed by atoms with Gasteiger partial charge in [-0.3, -0.25) is 9.48 Å². The zero-order valence-electron chi connectivity index (χ0n) is 14.4. The summed E-state index contributed by atoms with van der Waals surface area (Å²) in [5.74, 6) is -0.176. The number of carbonyl (C=O) groups is 1. The number of aliphatic hydroxyl groups is 1. The third-order valence-corrected chi connectivity index (χ3v) is 3.99. The van der Waals surface area contributed by atoms with Crippen LogP contribution in [0.5, 0.6) is 0 Å². The average molecular weight is 335 g/mol. The lowest BCUT2D eigenvalue weighted by molar-refractivity contribution is 0.102. The van der Waals surface area contributed by atoms with E-state index >= 15 is 0 Å². The first-order valence-electron chi connectivity index (χ1n) is 8.16. The Bertz CT molecular complexity index is 899. The van der Waals surface area contributed by atoms with Crippen LogP contribution in [0.4, 0.5) is 5.69 Å². The molecule has 3 aromatic rings. The van der Waals surface area contributed by atoms with E-state index in [0.29, 0.717) is 17.8 Å². The number of aryl methyl sites for hydroxylation is 2. The molecule has 0 aliphatic rings. The Morgan fingerprint density at radius 2 is 1.84 bits per heavy atom. The average Bonchev–Trinajstić information content (AvgIpc) is 2.92. The Balaban J connectivity index is 1.76. The van der Waals surface area contributed by atoms with Crippen LogP contribution in [0.25, 0.3) is 0 Å². The van der Waals surface area contributed by atoms with Gasteiger partial charge in [-0.2, -0.15) is 5.10 Å². The fourth-order valence-electron chi connectivity index (χ4n) is 2.77. The molecule has 0 radical (unpaired) electrons. The van der Waals surface area contributed by atoms with E-state index in [-0.39, 0.29) is 12.5 Å². The van der Waals surface area contributed by atoms with Crippen LogP contribution < -0.4 is 5.32 Å². The molecule has 0 unspecified atom stereocenters. The van der Waals surface area contributed by atoms with E-state index in [4.69, 9.17) is 0 Å². The molecule has 0 aliphatic heterocycles. The molecule has 0 saturated heterocycles. The van der Waals surface area contributed by atoms with Crippen molar-refractivity contribution in [2.45, 2.75) is 27.0 Å². The summed E-state index contributed by atoms with van der Waals surface area (Å²) in [7, 11) is 0. The number of benzene rings is 2. The third-order valence-electron chi connectivity index (χ3n) is 3.99. The van der Waals surface area contributed by atoms with E-state index in [1.807, 2.05) is 48.9 Å². The molecule has 3 rings (SSSR count). The van der Waals surface area contributed by atoms with Crippen molar-refractivity contribution in [3.8, 4) is 0 Å². The Morgan fingerprint density at radius 1 is 1.08 bits per heavy atom. The van der Waals surface area contributed by atoms with E-state index in [1.54, 1.807) is 24.3 Å². The maximum Gasteiger partial charge on any atom is 0.255 e. The van der Waals surface area contributed by atoms with Gasteiger partial charge >= 0.3 is 0 Å². The Hall–Kier alpha value is -2.92. The van der Waals surface area contributed by atoms with Gasteiger partial charge in [-0.1, -0.05) is 24.3 Å². The minimum atomic E-state index is -0.176. The van der Waals surface area contributed by atoms with Crippen LogP contribution in [-0.2, 0) is 13.2 Å². The fourth-order valence-corrected chi connectivity index (χ4v) is 2.77. The van der Waals surface area contributed by atoms with Crippen LogP contribution in [0.3, 0.4) is 0 Å². The van der Waals surface area contributed by atoms with Crippen molar-refractivity contribution in [1.82, 2.24) is 9.78 Å². The van der Waals surface area contributed by atoms with Crippen LogP contribution in [0, 0.1) is 13.8 Å². The molecule has 1 heterocycles. The second-order valence-corrected chi connectivity index (χ2v) is 6.10. The largest absolute Gasteiger partial charge is 0.392 e. The van der Waals surface area contributed by atoms with Crippen molar-refractivity contribution in [3.05, 3.63) is 82.7 Å². The van der Waals surface area contributed by atoms with Crippen molar-refractivity contribution in [1.29, 1.82) is 0 Å². The molecule has 2 aromatic carbocycles. The topological polar surface area (TPSA) is 67.2 Å². The van der Waals surface area contributed by atoms with Crippen molar-refractivity contribution < 1.29 is 9.90 Å². The molecule has 128 valence electrons. The molecular formula is C20H21N3O2. The highest BCUT2D eigenvalue weighted by Gasteiger charge is 2.09. The normalized spacial score (nSPS) is 10.7. The first kappa shape index (κ1) is 16.9. The predicted octanol–water partition coefficient (Wildman–Crippen LogP) is 3.29. The maximum atomic E-state index is 12.5. The van der Waals surface area contributed by atoms with Crippen molar-refractivity contribution in [3.63, 3.8) is 0 Å². The Kier molecular flexibility index (Phi) is 4.95. The summed E-state index contributed by atoms with van der Waals surface area (Å²) in [6.45, 7) is 4.56. The number of nitrogens with one attached hydrogen (secondary N) is 1. The molecule has 0 saturated carbocycles. The van der Waals surface area contributed by atoms with Crippen molar-refractivity contribution >= 4 is 11.6 Å². The van der Waals surface area contributed by atoms with Crippen LogP contribution in [0.15, 0.2) is 54.6 Å². The lowest BCUT2D eigenvalue weighted by Gasteiger charge is -2.09. The van der Waals surface area contributed by atoms with Crippen LogP contribution in [0.2, 0.25) is 0 Å². The molecule has 0 aliphatic carbocycles. The number of hydrogen-bond donors (Lipinski definition) is 2. The van der Waals surface area contributed by atoms with E-state index in [0.717, 1.165) is 22.5 Å². The lowest BCUT2D eigenvalue weighted by atomic mass is 10.1. The quantitative estimate of drug-likeness (QED) is 0.752. The first-order chi connectivity index (χ1) is 12.0. The zero-order chi connectivity index (χ0) is 17.8. The second-order valence-electron chi connectivity index (χ2n) is 6.10. The van der Waals surface area contributed by atoms with Crippen molar-refractivity contribution in [2.75, 3.05) is 5.32 Å². The molecule has 1 amide bonds. The van der Waals surface area contributed by atoms with Crippen LogP contribution in [-0.4, -0.2) is 20.8 Å². The number of aromatic nitrogens is 2. The molecule has 0 atom stereocenters. The van der Waals surface area contributed by atoms with E-state index in [2.05, 4.69) is 10.4 Å². The monoisotopic (exact) mass is 335 g/mol. The zero-order valence-corrected chi connectivity index (χ0v) is 14.4. The number of rotatable bonds is 5. The van der Waals surface area contributed by atoms with Gasteiger partial charge in [-0.25, -0.2) is 0 Å². The first-order valence-corrected chi connectivity index (χ1v) is 8.16. The SMILES string of the molecule is Cc1cc(C)n(Cc2cccc(C(=O)Nc3cccc(CO)c3)c2)n1. The van der Waals surface area contributed by atoms with Gasteiger partial charge in [0, 0.05) is 16.9 Å². The van der Waals surface area contributed by atoms with Gasteiger partial charge in [0.2, 0.25) is 0 Å². The molecule has 25 heavy (non-hydrogen) atoms. The molecule has 5 heteroatoms. The highest BCUT2D eigenvalue weighted by Crippen LogP contribution is 2.14. The number of anilines is 1. The summed E-state index contributed by atoms with van der Waals surface area (Å²) in [5, 5.41) is 16.5. The number of nitrogens with zero attached hydrogens (tertiary/aromatic N) is 2. The summed E-state index contributed by atoms with van der Waals surface area (Å²) in [6.07, 6.45) is 0. The highest BCUT2D eigenvalue weighted by molar-refractivity contribution is 6.04. The van der Waals surface area contributed by atoms with Gasteiger partial charge in [-0.15, -0.1) is 0 Å². The number of hydrogen-bond acceptors (Lipinski definition) is 3. The molecule has 1 aromatic heterocycles. The molecule has 5 nitrogen and oxygen atoms in total. The lowest BCUT2D eigenvalue weighted by Crippen LogP contribution is -2.13. The summed E-state index contributed by atoms with van der Waals surface area (Å²) in [4.78, 5) is 12.5. The summed E-state index contributed by atoms with van der Waals surface area (Å²) >= 11 is 0. The molecule has 0 fully saturated rings. The standard InChI is InChI=1S/C20H21N3O2/c1-14-9-15(2)23(22-14)12-16-5-3-7-18(10-16)20(25)21-19-8-4-6-17(11-19)13-24/h3-11,24H,12-13H2,1-2H3,(H,21,25). The fraction of sp³-hybridized carbons (Fsp3) is 0.200. The smallest absolute Gasteiger partial charge is 0.255 e. The summed E-state index contributed by atoms with van der Waals surface area (Å²) in [5.41, 5.74) is 5.11. The van der Waals surface area contributed by atoms with Crippen LogP contribution >= 0.6 is 0 Å². The number of aliphatic hydroxyl groups excluding tert-OH is 1. The number of amides is 1. The molecular weight excluding hydrogens is 314 g/mol. The van der Waals surface area contributed by atoms with Gasteiger partial charge in [-0.05, 0) is 55.3 Å². The van der Waals surface area contributed by atoms with Gasteiger partial charge in [0.15, 0.2) is 0 Å². The van der Waals surface area contributed by atoms with E-state index in [9.17, 15) is 9.90 Å². The minimum absolute atomic E-state index is 0.0537. The third kappa shape index (κ3) is 4.14. The van der Waals surface area contributed by atoms with E-state index < -0.39 is 0 Å². The molecule has 0 bridgehead atoms. The van der Waals surface area contributed by atoms with Gasteiger partial charge < -0.3 is 10.4 Å². The van der Waals surface area contributed by atoms with Gasteiger partial charge in [0.25, 0.3) is 5.91 Å². The number of carbonyl (C=O) groups excluding carboxylic acids is 1. The van der Waals surface area contributed by atoms with Gasteiger partial charge in [0.1, 0.15) is 0 Å².